The Balaban J connectivity index is 1.91. The van der Waals surface area contributed by atoms with E-state index in [2.05, 4.69) is 16.8 Å². The summed E-state index contributed by atoms with van der Waals surface area (Å²) in [7, 11) is 2.21. The summed E-state index contributed by atoms with van der Waals surface area (Å²) in [6.07, 6.45) is 3.63. The molecule has 2 aliphatic rings. The Bertz CT molecular complexity index is 463. The van der Waals surface area contributed by atoms with Crippen molar-refractivity contribution in [3.05, 3.63) is 29.6 Å². The lowest BCUT2D eigenvalue weighted by Gasteiger charge is -2.29. The Morgan fingerprint density at radius 3 is 2.84 bits per heavy atom. The van der Waals surface area contributed by atoms with Crippen LogP contribution < -0.4 is 10.6 Å². The van der Waals surface area contributed by atoms with Crippen molar-refractivity contribution in [2.24, 2.45) is 5.73 Å². The first-order chi connectivity index (χ1) is 9.20. The fraction of sp³-hybridized carbons (Fsp3) is 0.600. The summed E-state index contributed by atoms with van der Waals surface area (Å²) in [5, 5.41) is 0. The fourth-order valence-electron chi connectivity index (χ4n) is 3.59. The molecular formula is C15H22FN3. The van der Waals surface area contributed by atoms with Crippen LogP contribution in [0, 0.1) is 5.82 Å². The van der Waals surface area contributed by atoms with Gasteiger partial charge in [0.1, 0.15) is 5.82 Å². The molecule has 2 heterocycles. The number of benzene rings is 1. The molecule has 2 atom stereocenters. The Kier molecular flexibility index (Phi) is 3.46. The van der Waals surface area contributed by atoms with Crippen molar-refractivity contribution < 1.29 is 4.39 Å². The molecule has 2 saturated heterocycles. The fourth-order valence-corrected chi connectivity index (χ4v) is 3.59. The van der Waals surface area contributed by atoms with Crippen LogP contribution in [0.15, 0.2) is 18.2 Å². The zero-order valence-electron chi connectivity index (χ0n) is 11.5. The minimum atomic E-state index is -0.136. The van der Waals surface area contributed by atoms with Crippen LogP contribution in [-0.2, 0) is 6.54 Å². The third-order valence-corrected chi connectivity index (χ3v) is 4.75. The number of halogens is 1. The number of hydrogen-bond donors (Lipinski definition) is 1. The first-order valence-corrected chi connectivity index (χ1v) is 7.15. The first-order valence-electron chi connectivity index (χ1n) is 7.15. The number of fused-ring (bicyclic) bond motifs is 2. The Morgan fingerprint density at radius 1 is 1.26 bits per heavy atom. The molecule has 1 aromatic carbocycles. The molecule has 3 rings (SSSR count). The van der Waals surface area contributed by atoms with E-state index in [4.69, 9.17) is 5.73 Å². The van der Waals surface area contributed by atoms with Crippen LogP contribution in [0.25, 0.3) is 0 Å². The number of anilines is 1. The number of nitrogens with two attached hydrogens (primary N) is 1. The molecule has 0 aromatic heterocycles. The molecule has 0 amide bonds. The van der Waals surface area contributed by atoms with Crippen LogP contribution in [0.1, 0.15) is 24.8 Å². The van der Waals surface area contributed by atoms with Gasteiger partial charge in [-0.1, -0.05) is 12.1 Å². The van der Waals surface area contributed by atoms with E-state index in [9.17, 15) is 4.39 Å². The standard InChI is InChI=1S/C15H22FN3/c1-18-12-5-6-13(18)10-19(8-7-12)15-11(9-17)3-2-4-14(15)16/h2-4,12-13H,5-10,17H2,1H3. The molecule has 2 N–H and O–H groups in total. The summed E-state index contributed by atoms with van der Waals surface area (Å²) in [6, 6.07) is 6.45. The second-order valence-corrected chi connectivity index (χ2v) is 5.74. The molecule has 19 heavy (non-hydrogen) atoms. The smallest absolute Gasteiger partial charge is 0.146 e. The average molecular weight is 263 g/mol. The largest absolute Gasteiger partial charge is 0.367 e. The van der Waals surface area contributed by atoms with Crippen molar-refractivity contribution in [3.8, 4) is 0 Å². The maximum atomic E-state index is 14.2. The van der Waals surface area contributed by atoms with Crippen molar-refractivity contribution in [2.45, 2.75) is 37.9 Å². The molecular weight excluding hydrogens is 241 g/mol. The van der Waals surface area contributed by atoms with Gasteiger partial charge in [-0.25, -0.2) is 4.39 Å². The van der Waals surface area contributed by atoms with E-state index in [0.717, 1.165) is 30.8 Å². The van der Waals surface area contributed by atoms with Crippen LogP contribution in [0.5, 0.6) is 0 Å². The summed E-state index contributed by atoms with van der Waals surface area (Å²) < 4.78 is 14.2. The molecule has 2 unspecified atom stereocenters. The van der Waals surface area contributed by atoms with Gasteiger partial charge in [0.2, 0.25) is 0 Å². The monoisotopic (exact) mass is 263 g/mol. The maximum absolute atomic E-state index is 14.2. The van der Waals surface area contributed by atoms with Gasteiger partial charge in [-0.15, -0.1) is 0 Å². The second-order valence-electron chi connectivity index (χ2n) is 5.74. The summed E-state index contributed by atoms with van der Waals surface area (Å²) in [5.41, 5.74) is 7.41. The number of rotatable bonds is 2. The quantitative estimate of drug-likeness (QED) is 0.885. The van der Waals surface area contributed by atoms with E-state index < -0.39 is 0 Å². The first kappa shape index (κ1) is 12.9. The highest BCUT2D eigenvalue weighted by atomic mass is 19.1. The summed E-state index contributed by atoms with van der Waals surface area (Å²) in [6.45, 7) is 2.24. The van der Waals surface area contributed by atoms with Crippen molar-refractivity contribution >= 4 is 5.69 Å². The third kappa shape index (κ3) is 2.23. The van der Waals surface area contributed by atoms with Crippen molar-refractivity contribution in [3.63, 3.8) is 0 Å². The summed E-state index contributed by atoms with van der Waals surface area (Å²) in [5.74, 6) is -0.136. The average Bonchev–Trinajstić information content (AvgIpc) is 2.64. The lowest BCUT2D eigenvalue weighted by Crippen LogP contribution is -2.37. The maximum Gasteiger partial charge on any atom is 0.146 e. The van der Waals surface area contributed by atoms with E-state index in [1.807, 2.05) is 6.07 Å². The minimum absolute atomic E-state index is 0.136. The molecule has 2 fully saturated rings. The van der Waals surface area contributed by atoms with Crippen molar-refractivity contribution in [1.29, 1.82) is 0 Å². The van der Waals surface area contributed by atoms with E-state index in [-0.39, 0.29) is 5.82 Å². The van der Waals surface area contributed by atoms with Gasteiger partial charge in [0.05, 0.1) is 5.69 Å². The predicted molar refractivity (Wildman–Crippen MR) is 75.7 cm³/mol. The zero-order chi connectivity index (χ0) is 13.4. The van der Waals surface area contributed by atoms with Crippen LogP contribution >= 0.6 is 0 Å². The van der Waals surface area contributed by atoms with E-state index in [1.54, 1.807) is 12.1 Å². The van der Waals surface area contributed by atoms with Gasteiger partial charge < -0.3 is 10.6 Å². The lowest BCUT2D eigenvalue weighted by molar-refractivity contribution is 0.254. The molecule has 2 aliphatic heterocycles. The highest BCUT2D eigenvalue weighted by molar-refractivity contribution is 5.55. The number of nitrogens with zero attached hydrogens (tertiary/aromatic N) is 2. The van der Waals surface area contributed by atoms with Crippen LogP contribution in [0.3, 0.4) is 0 Å². The van der Waals surface area contributed by atoms with Gasteiger partial charge in [-0.05, 0) is 37.9 Å². The highest BCUT2D eigenvalue weighted by Gasteiger charge is 2.35. The topological polar surface area (TPSA) is 32.5 Å². The molecule has 0 saturated carbocycles. The third-order valence-electron chi connectivity index (χ3n) is 4.75. The molecule has 0 radical (unpaired) electrons. The van der Waals surface area contributed by atoms with Gasteiger partial charge in [-0.2, -0.15) is 0 Å². The SMILES string of the molecule is CN1C2CCC1CN(c1c(F)cccc1CN)CC2. The van der Waals surface area contributed by atoms with Crippen LogP contribution in [0.2, 0.25) is 0 Å². The number of para-hydroxylation sites is 1. The number of likely N-dealkylation sites (N-methyl/N-ethyl adjacent to an activating group) is 1. The predicted octanol–water partition coefficient (Wildman–Crippen LogP) is 1.96. The second kappa shape index (κ2) is 5.10. The van der Waals surface area contributed by atoms with E-state index in [1.165, 1.54) is 12.8 Å². The Hall–Kier alpha value is -1.13. The molecule has 104 valence electrons. The summed E-state index contributed by atoms with van der Waals surface area (Å²) in [4.78, 5) is 4.68. The number of hydrogen-bond acceptors (Lipinski definition) is 3. The van der Waals surface area contributed by atoms with Gasteiger partial charge in [0.25, 0.3) is 0 Å². The molecule has 3 nitrogen and oxygen atoms in total. The van der Waals surface area contributed by atoms with Crippen molar-refractivity contribution in [2.75, 3.05) is 25.0 Å². The van der Waals surface area contributed by atoms with Gasteiger partial charge in [0.15, 0.2) is 0 Å². The molecule has 1 aromatic rings. The zero-order valence-corrected chi connectivity index (χ0v) is 11.5. The van der Waals surface area contributed by atoms with E-state index >= 15 is 0 Å². The van der Waals surface area contributed by atoms with Crippen molar-refractivity contribution in [1.82, 2.24) is 4.90 Å². The van der Waals surface area contributed by atoms with Gasteiger partial charge in [0, 0.05) is 31.7 Å². The molecule has 0 aliphatic carbocycles. The molecule has 2 bridgehead atoms. The van der Waals surface area contributed by atoms with Gasteiger partial charge >= 0.3 is 0 Å². The van der Waals surface area contributed by atoms with Crippen LogP contribution in [-0.4, -0.2) is 37.1 Å². The molecule has 0 spiro atoms. The van der Waals surface area contributed by atoms with E-state index in [0.29, 0.717) is 18.6 Å². The highest BCUT2D eigenvalue weighted by Crippen LogP contribution is 2.33. The Morgan fingerprint density at radius 2 is 2.05 bits per heavy atom. The minimum Gasteiger partial charge on any atom is -0.367 e. The normalized spacial score (nSPS) is 27.6. The Labute approximate surface area is 114 Å². The van der Waals surface area contributed by atoms with Crippen LogP contribution in [0.4, 0.5) is 10.1 Å². The van der Waals surface area contributed by atoms with Gasteiger partial charge in [-0.3, -0.25) is 4.90 Å². The molecule has 4 heteroatoms. The summed E-state index contributed by atoms with van der Waals surface area (Å²) >= 11 is 0. The lowest BCUT2D eigenvalue weighted by atomic mass is 10.1.